The zero-order valence-electron chi connectivity index (χ0n) is 8.78. The lowest BCUT2D eigenvalue weighted by Gasteiger charge is -2.30. The van der Waals surface area contributed by atoms with E-state index in [4.69, 9.17) is 5.73 Å². The normalized spacial score (nSPS) is 21.3. The highest BCUT2D eigenvalue weighted by atomic mass is 32.2. The Balaban J connectivity index is 2.31. The Morgan fingerprint density at radius 2 is 1.93 bits per heavy atom. The summed E-state index contributed by atoms with van der Waals surface area (Å²) < 4.78 is 22.5. The van der Waals surface area contributed by atoms with Crippen molar-refractivity contribution in [3.63, 3.8) is 0 Å². The highest BCUT2D eigenvalue weighted by molar-refractivity contribution is 7.91. The Morgan fingerprint density at radius 3 is 2.36 bits per heavy atom. The van der Waals surface area contributed by atoms with E-state index in [1.165, 1.54) is 6.26 Å². The Bertz CT molecular complexity index is 256. The molecule has 2 N–H and O–H groups in total. The molecule has 0 aliphatic carbocycles. The Kier molecular flexibility index (Phi) is 4.34. The number of nitrogens with zero attached hydrogens (tertiary/aromatic N) is 1. The number of hydrogen-bond acceptors (Lipinski definition) is 4. The molecule has 0 aromatic rings. The molecule has 4 nitrogen and oxygen atoms in total. The van der Waals surface area contributed by atoms with Crippen molar-refractivity contribution < 1.29 is 8.42 Å². The fourth-order valence-electron chi connectivity index (χ4n) is 1.88. The van der Waals surface area contributed by atoms with E-state index in [-0.39, 0.29) is 5.25 Å². The second-order valence-corrected chi connectivity index (χ2v) is 6.34. The van der Waals surface area contributed by atoms with Crippen LogP contribution >= 0.6 is 0 Å². The summed E-state index contributed by atoms with van der Waals surface area (Å²) in [5.41, 5.74) is 5.42. The van der Waals surface area contributed by atoms with Gasteiger partial charge < -0.3 is 10.6 Å². The molecule has 0 amide bonds. The lowest BCUT2D eigenvalue weighted by Crippen LogP contribution is -2.39. The van der Waals surface area contributed by atoms with Crippen LogP contribution < -0.4 is 5.73 Å². The third kappa shape index (κ3) is 3.55. The van der Waals surface area contributed by atoms with Crippen LogP contribution in [0.2, 0.25) is 0 Å². The van der Waals surface area contributed by atoms with Crippen molar-refractivity contribution in [3.05, 3.63) is 0 Å². The highest BCUT2D eigenvalue weighted by Crippen LogP contribution is 2.16. The maximum absolute atomic E-state index is 11.3. The van der Waals surface area contributed by atoms with Gasteiger partial charge in [0.25, 0.3) is 0 Å². The quantitative estimate of drug-likeness (QED) is 0.715. The maximum atomic E-state index is 11.3. The van der Waals surface area contributed by atoms with Crippen molar-refractivity contribution in [2.24, 2.45) is 5.73 Å². The van der Waals surface area contributed by atoms with Crippen LogP contribution in [0.25, 0.3) is 0 Å². The summed E-state index contributed by atoms with van der Waals surface area (Å²) in [6, 6.07) is 0. The molecular weight excluding hydrogens is 200 g/mol. The van der Waals surface area contributed by atoms with Gasteiger partial charge in [-0.1, -0.05) is 0 Å². The topological polar surface area (TPSA) is 63.4 Å². The number of piperidine rings is 1. The lowest BCUT2D eigenvalue weighted by molar-refractivity contribution is 0.229. The van der Waals surface area contributed by atoms with Gasteiger partial charge in [-0.25, -0.2) is 8.42 Å². The Labute approximate surface area is 86.4 Å². The van der Waals surface area contributed by atoms with Crippen molar-refractivity contribution in [2.45, 2.75) is 24.5 Å². The summed E-state index contributed by atoms with van der Waals surface area (Å²) in [6.07, 6.45) is 3.91. The van der Waals surface area contributed by atoms with Gasteiger partial charge in [-0.05, 0) is 45.4 Å². The molecule has 5 heteroatoms. The predicted octanol–water partition coefficient (Wildman–Crippen LogP) is -0.156. The maximum Gasteiger partial charge on any atom is 0.150 e. The highest BCUT2D eigenvalue weighted by Gasteiger charge is 2.25. The first kappa shape index (κ1) is 11.9. The molecule has 14 heavy (non-hydrogen) atoms. The molecule has 0 radical (unpaired) electrons. The van der Waals surface area contributed by atoms with Gasteiger partial charge in [0.1, 0.15) is 9.84 Å². The molecule has 84 valence electrons. The van der Waals surface area contributed by atoms with Crippen molar-refractivity contribution in [2.75, 3.05) is 32.4 Å². The molecule has 0 saturated carbocycles. The van der Waals surface area contributed by atoms with E-state index in [2.05, 4.69) is 4.90 Å². The molecule has 1 aliphatic heterocycles. The van der Waals surface area contributed by atoms with Crippen molar-refractivity contribution >= 4 is 9.84 Å². The minimum atomic E-state index is -2.82. The second kappa shape index (κ2) is 5.09. The minimum Gasteiger partial charge on any atom is -0.330 e. The van der Waals surface area contributed by atoms with Crippen LogP contribution in [-0.4, -0.2) is 51.0 Å². The summed E-state index contributed by atoms with van der Waals surface area (Å²) >= 11 is 0. The molecule has 0 spiro atoms. The Morgan fingerprint density at radius 1 is 1.36 bits per heavy atom. The fraction of sp³-hybridized carbons (Fsp3) is 1.00. The standard InChI is InChI=1S/C9H20N2O2S/c1-14(12,13)9-3-7-11(8-4-9)6-2-5-10/h9H,2-8,10H2,1H3. The van der Waals surface area contributed by atoms with Crippen LogP contribution in [0.3, 0.4) is 0 Å². The molecule has 1 aliphatic rings. The molecule has 1 rings (SSSR count). The van der Waals surface area contributed by atoms with Gasteiger partial charge in [0.2, 0.25) is 0 Å². The number of likely N-dealkylation sites (tertiary alicyclic amines) is 1. The first-order valence-electron chi connectivity index (χ1n) is 5.15. The summed E-state index contributed by atoms with van der Waals surface area (Å²) in [4.78, 5) is 2.30. The van der Waals surface area contributed by atoms with Gasteiger partial charge in [-0.15, -0.1) is 0 Å². The van der Waals surface area contributed by atoms with Gasteiger partial charge in [0, 0.05) is 6.26 Å². The third-order valence-electron chi connectivity index (χ3n) is 2.82. The first-order chi connectivity index (χ1) is 6.54. The van der Waals surface area contributed by atoms with Crippen LogP contribution in [0.15, 0.2) is 0 Å². The van der Waals surface area contributed by atoms with E-state index in [1.54, 1.807) is 0 Å². The summed E-state index contributed by atoms with van der Waals surface area (Å²) in [5.74, 6) is 0. The summed E-state index contributed by atoms with van der Waals surface area (Å²) in [5, 5.41) is -0.114. The monoisotopic (exact) mass is 220 g/mol. The lowest BCUT2D eigenvalue weighted by atomic mass is 10.1. The van der Waals surface area contributed by atoms with Crippen LogP contribution in [-0.2, 0) is 9.84 Å². The van der Waals surface area contributed by atoms with Gasteiger partial charge in [-0.3, -0.25) is 0 Å². The SMILES string of the molecule is CS(=O)(=O)C1CCN(CCCN)CC1. The minimum absolute atomic E-state index is 0.114. The number of sulfone groups is 1. The predicted molar refractivity (Wildman–Crippen MR) is 58.0 cm³/mol. The zero-order chi connectivity index (χ0) is 10.6. The van der Waals surface area contributed by atoms with E-state index >= 15 is 0 Å². The van der Waals surface area contributed by atoms with Crippen molar-refractivity contribution in [3.8, 4) is 0 Å². The van der Waals surface area contributed by atoms with E-state index in [9.17, 15) is 8.42 Å². The van der Waals surface area contributed by atoms with E-state index in [0.717, 1.165) is 38.9 Å². The van der Waals surface area contributed by atoms with Crippen molar-refractivity contribution in [1.82, 2.24) is 4.90 Å². The first-order valence-corrected chi connectivity index (χ1v) is 7.11. The molecule has 0 unspecified atom stereocenters. The number of rotatable bonds is 4. The molecule has 1 fully saturated rings. The fourth-order valence-corrected chi connectivity index (χ4v) is 2.94. The third-order valence-corrected chi connectivity index (χ3v) is 4.50. The molecule has 1 heterocycles. The molecule has 0 aromatic carbocycles. The van der Waals surface area contributed by atoms with Gasteiger partial charge in [-0.2, -0.15) is 0 Å². The van der Waals surface area contributed by atoms with Gasteiger partial charge in [0.05, 0.1) is 5.25 Å². The van der Waals surface area contributed by atoms with Crippen LogP contribution in [0.4, 0.5) is 0 Å². The van der Waals surface area contributed by atoms with E-state index in [0.29, 0.717) is 6.54 Å². The number of nitrogens with two attached hydrogens (primary N) is 1. The van der Waals surface area contributed by atoms with Gasteiger partial charge >= 0.3 is 0 Å². The zero-order valence-corrected chi connectivity index (χ0v) is 9.59. The van der Waals surface area contributed by atoms with Crippen LogP contribution in [0.1, 0.15) is 19.3 Å². The van der Waals surface area contributed by atoms with E-state index in [1.807, 2.05) is 0 Å². The largest absolute Gasteiger partial charge is 0.330 e. The van der Waals surface area contributed by atoms with Crippen LogP contribution in [0, 0.1) is 0 Å². The molecule has 0 bridgehead atoms. The second-order valence-electron chi connectivity index (χ2n) is 4.01. The van der Waals surface area contributed by atoms with E-state index < -0.39 is 9.84 Å². The smallest absolute Gasteiger partial charge is 0.150 e. The molecule has 0 atom stereocenters. The molecular formula is C9H20N2O2S. The molecule has 1 saturated heterocycles. The summed E-state index contributed by atoms with van der Waals surface area (Å²) in [6.45, 7) is 3.52. The van der Waals surface area contributed by atoms with Crippen molar-refractivity contribution in [1.29, 1.82) is 0 Å². The summed E-state index contributed by atoms with van der Waals surface area (Å²) in [7, 11) is -2.82. The average Bonchev–Trinajstić information content (AvgIpc) is 2.14. The molecule has 0 aromatic heterocycles. The van der Waals surface area contributed by atoms with Crippen LogP contribution in [0.5, 0.6) is 0 Å². The Hall–Kier alpha value is -0.130. The van der Waals surface area contributed by atoms with Gasteiger partial charge in [0.15, 0.2) is 0 Å². The average molecular weight is 220 g/mol. The number of hydrogen-bond donors (Lipinski definition) is 1.